The molecule has 1 saturated heterocycles. The molecular weight excluding hydrogens is 312 g/mol. The van der Waals surface area contributed by atoms with Gasteiger partial charge in [0.15, 0.2) is 0 Å². The smallest absolute Gasteiger partial charge is 0.253 e. The van der Waals surface area contributed by atoms with Gasteiger partial charge in [0.1, 0.15) is 0 Å². The van der Waals surface area contributed by atoms with Gasteiger partial charge in [-0.15, -0.1) is 0 Å². The van der Waals surface area contributed by atoms with Crippen LogP contribution in [0.15, 0.2) is 30.3 Å². The van der Waals surface area contributed by atoms with Gasteiger partial charge in [-0.3, -0.25) is 9.48 Å². The molecule has 1 aromatic heterocycles. The van der Waals surface area contributed by atoms with Gasteiger partial charge in [-0.2, -0.15) is 5.10 Å². The largest absolute Gasteiger partial charge is 0.339 e. The summed E-state index contributed by atoms with van der Waals surface area (Å²) in [6, 6.07) is 10.2. The Morgan fingerprint density at radius 1 is 1.28 bits per heavy atom. The van der Waals surface area contributed by atoms with Crippen LogP contribution in [0.25, 0.3) is 0 Å². The number of carbonyl (C=O) groups is 1. The van der Waals surface area contributed by atoms with Crippen LogP contribution in [-0.2, 0) is 6.54 Å². The zero-order valence-corrected chi connectivity index (χ0v) is 15.4. The molecule has 0 radical (unpaired) electrons. The number of rotatable bonds is 4. The molecule has 0 saturated carbocycles. The van der Waals surface area contributed by atoms with E-state index in [1.165, 1.54) is 0 Å². The summed E-state index contributed by atoms with van der Waals surface area (Å²) in [6.07, 6.45) is 1.99. The van der Waals surface area contributed by atoms with E-state index in [1.807, 2.05) is 34.7 Å². The lowest BCUT2D eigenvalue weighted by Gasteiger charge is -2.33. The number of piperidine rings is 1. The predicted octanol–water partition coefficient (Wildman–Crippen LogP) is 2.75. The molecule has 1 atom stereocenters. The van der Waals surface area contributed by atoms with Crippen molar-refractivity contribution >= 4 is 5.91 Å². The summed E-state index contributed by atoms with van der Waals surface area (Å²) in [4.78, 5) is 14.8. The highest BCUT2D eigenvalue weighted by Gasteiger charge is 2.25. The fraction of sp³-hybridized carbons (Fsp3) is 0.500. The molecule has 1 aliphatic heterocycles. The second kappa shape index (κ2) is 7.40. The molecule has 5 heteroatoms. The lowest BCUT2D eigenvalue weighted by molar-refractivity contribution is 0.0681. The minimum atomic E-state index is 0.123. The predicted molar refractivity (Wildman–Crippen MR) is 99.5 cm³/mol. The molecule has 1 amide bonds. The van der Waals surface area contributed by atoms with E-state index in [0.29, 0.717) is 12.5 Å². The Morgan fingerprint density at radius 2 is 2.00 bits per heavy atom. The second-order valence-electron chi connectivity index (χ2n) is 7.27. The first kappa shape index (κ1) is 17.7. The Labute approximate surface area is 149 Å². The van der Waals surface area contributed by atoms with Crippen LogP contribution in [0.2, 0.25) is 0 Å². The average molecular weight is 340 g/mol. The van der Waals surface area contributed by atoms with Gasteiger partial charge in [0, 0.05) is 30.4 Å². The number of likely N-dealkylation sites (tertiary alicyclic amines) is 1. The highest BCUT2D eigenvalue weighted by Crippen LogP contribution is 2.21. The fourth-order valence-electron chi connectivity index (χ4n) is 3.62. The highest BCUT2D eigenvalue weighted by molar-refractivity contribution is 5.94. The summed E-state index contributed by atoms with van der Waals surface area (Å²) >= 11 is 0. The lowest BCUT2D eigenvalue weighted by atomic mass is 9.90. The van der Waals surface area contributed by atoms with Gasteiger partial charge in [-0.25, -0.2) is 0 Å². The first-order valence-corrected chi connectivity index (χ1v) is 9.09. The molecule has 0 aliphatic carbocycles. The van der Waals surface area contributed by atoms with Gasteiger partial charge in [0.05, 0.1) is 12.2 Å². The second-order valence-corrected chi connectivity index (χ2v) is 7.27. The van der Waals surface area contributed by atoms with Gasteiger partial charge in [-0.05, 0) is 63.3 Å². The topological polar surface area (TPSA) is 64.2 Å². The number of nitrogens with zero attached hydrogens (tertiary/aromatic N) is 3. The standard InChI is InChI=1S/C20H28N4O/c1-14-11-15(2)24(22-14)13-17-5-4-6-19(12-17)20(25)23-9-7-18(8-10-23)16(3)21/h4-6,11-12,16,18H,7-10,13,21H2,1-3H3. The van der Waals surface area contributed by atoms with Crippen LogP contribution >= 0.6 is 0 Å². The van der Waals surface area contributed by atoms with Crippen molar-refractivity contribution in [3.8, 4) is 0 Å². The molecule has 5 nitrogen and oxygen atoms in total. The van der Waals surface area contributed by atoms with Crippen LogP contribution < -0.4 is 5.73 Å². The summed E-state index contributed by atoms with van der Waals surface area (Å²) in [5.74, 6) is 0.653. The Morgan fingerprint density at radius 3 is 2.60 bits per heavy atom. The van der Waals surface area contributed by atoms with Gasteiger partial charge in [-0.1, -0.05) is 12.1 Å². The summed E-state index contributed by atoms with van der Waals surface area (Å²) in [5.41, 5.74) is 10.0. The SMILES string of the molecule is Cc1cc(C)n(Cc2cccc(C(=O)N3CCC(C(C)N)CC3)c2)n1. The molecule has 2 heterocycles. The van der Waals surface area contributed by atoms with E-state index in [0.717, 1.165) is 48.4 Å². The zero-order chi connectivity index (χ0) is 18.0. The monoisotopic (exact) mass is 340 g/mol. The molecule has 1 aromatic carbocycles. The third-order valence-corrected chi connectivity index (χ3v) is 5.18. The van der Waals surface area contributed by atoms with E-state index in [-0.39, 0.29) is 11.9 Å². The van der Waals surface area contributed by atoms with Crippen LogP contribution in [-0.4, -0.2) is 39.7 Å². The van der Waals surface area contributed by atoms with E-state index in [2.05, 4.69) is 31.1 Å². The summed E-state index contributed by atoms with van der Waals surface area (Å²) in [6.45, 7) is 8.39. The van der Waals surface area contributed by atoms with Crippen molar-refractivity contribution in [3.63, 3.8) is 0 Å². The molecule has 1 unspecified atom stereocenters. The minimum absolute atomic E-state index is 0.123. The number of aryl methyl sites for hydroxylation is 2. The fourth-order valence-corrected chi connectivity index (χ4v) is 3.62. The number of carbonyl (C=O) groups excluding carboxylic acids is 1. The van der Waals surface area contributed by atoms with Crippen molar-refractivity contribution in [3.05, 3.63) is 52.8 Å². The third-order valence-electron chi connectivity index (χ3n) is 5.18. The molecule has 134 valence electrons. The third kappa shape index (κ3) is 4.10. The van der Waals surface area contributed by atoms with Crippen molar-refractivity contribution in [2.75, 3.05) is 13.1 Å². The zero-order valence-electron chi connectivity index (χ0n) is 15.4. The van der Waals surface area contributed by atoms with Crippen LogP contribution in [0.3, 0.4) is 0 Å². The Kier molecular flexibility index (Phi) is 5.23. The van der Waals surface area contributed by atoms with E-state index in [9.17, 15) is 4.79 Å². The van der Waals surface area contributed by atoms with E-state index in [1.54, 1.807) is 0 Å². The summed E-state index contributed by atoms with van der Waals surface area (Å²) in [5, 5.41) is 4.50. The lowest BCUT2D eigenvalue weighted by Crippen LogP contribution is -2.42. The van der Waals surface area contributed by atoms with Crippen molar-refractivity contribution < 1.29 is 4.79 Å². The molecular formula is C20H28N4O. The number of hydrogen-bond acceptors (Lipinski definition) is 3. The van der Waals surface area contributed by atoms with Crippen LogP contribution in [0.4, 0.5) is 0 Å². The number of aromatic nitrogens is 2. The number of benzene rings is 1. The maximum absolute atomic E-state index is 12.8. The van der Waals surface area contributed by atoms with Crippen molar-refractivity contribution in [2.24, 2.45) is 11.7 Å². The molecule has 3 rings (SSSR count). The van der Waals surface area contributed by atoms with Crippen LogP contribution in [0.1, 0.15) is 47.1 Å². The van der Waals surface area contributed by atoms with Crippen molar-refractivity contribution in [1.82, 2.24) is 14.7 Å². The molecule has 2 aromatic rings. The van der Waals surface area contributed by atoms with Gasteiger partial charge in [0.25, 0.3) is 5.91 Å². The number of hydrogen-bond donors (Lipinski definition) is 1. The molecule has 0 spiro atoms. The average Bonchev–Trinajstić information content (AvgIpc) is 2.91. The number of nitrogens with two attached hydrogens (primary N) is 1. The van der Waals surface area contributed by atoms with Crippen molar-refractivity contribution in [2.45, 2.75) is 46.2 Å². The molecule has 2 N–H and O–H groups in total. The Hall–Kier alpha value is -2.14. The molecule has 1 fully saturated rings. The highest BCUT2D eigenvalue weighted by atomic mass is 16.2. The van der Waals surface area contributed by atoms with E-state index in [4.69, 9.17) is 5.73 Å². The Bertz CT molecular complexity index is 742. The minimum Gasteiger partial charge on any atom is -0.339 e. The Balaban J connectivity index is 1.69. The molecule has 0 bridgehead atoms. The van der Waals surface area contributed by atoms with Crippen LogP contribution in [0, 0.1) is 19.8 Å². The van der Waals surface area contributed by atoms with Crippen LogP contribution in [0.5, 0.6) is 0 Å². The first-order chi connectivity index (χ1) is 11.9. The van der Waals surface area contributed by atoms with Crippen molar-refractivity contribution in [1.29, 1.82) is 0 Å². The molecule has 1 aliphatic rings. The quantitative estimate of drug-likeness (QED) is 0.931. The molecule has 25 heavy (non-hydrogen) atoms. The van der Waals surface area contributed by atoms with Gasteiger partial charge in [0.2, 0.25) is 0 Å². The van der Waals surface area contributed by atoms with E-state index < -0.39 is 0 Å². The summed E-state index contributed by atoms with van der Waals surface area (Å²) < 4.78 is 1.98. The maximum Gasteiger partial charge on any atom is 0.253 e. The number of amides is 1. The van der Waals surface area contributed by atoms with Gasteiger partial charge < -0.3 is 10.6 Å². The normalized spacial score (nSPS) is 16.9. The maximum atomic E-state index is 12.8. The van der Waals surface area contributed by atoms with E-state index >= 15 is 0 Å². The van der Waals surface area contributed by atoms with Gasteiger partial charge >= 0.3 is 0 Å². The summed E-state index contributed by atoms with van der Waals surface area (Å²) in [7, 11) is 0. The first-order valence-electron chi connectivity index (χ1n) is 9.09.